The third-order valence-electron chi connectivity index (χ3n) is 3.53. The van der Waals surface area contributed by atoms with E-state index in [0.717, 1.165) is 31.5 Å². The van der Waals surface area contributed by atoms with Crippen molar-refractivity contribution in [1.82, 2.24) is 5.32 Å². The van der Waals surface area contributed by atoms with Crippen LogP contribution >= 0.6 is 0 Å². The van der Waals surface area contributed by atoms with Gasteiger partial charge in [-0.25, -0.2) is 4.39 Å². The molecule has 0 saturated heterocycles. The summed E-state index contributed by atoms with van der Waals surface area (Å²) in [6, 6.07) is 13.3. The van der Waals surface area contributed by atoms with Crippen molar-refractivity contribution in [3.05, 3.63) is 59.4 Å². The molecule has 0 bridgehead atoms. The molecule has 2 aromatic carbocycles. The van der Waals surface area contributed by atoms with Gasteiger partial charge in [0.2, 0.25) is 0 Å². The van der Waals surface area contributed by atoms with E-state index in [1.165, 1.54) is 28.8 Å². The Balaban J connectivity index is 0.000000704. The van der Waals surface area contributed by atoms with Crippen molar-refractivity contribution in [2.45, 2.75) is 26.7 Å². The molecule has 0 aliphatic carbocycles. The van der Waals surface area contributed by atoms with Gasteiger partial charge in [-0.3, -0.25) is 0 Å². The average molecular weight is 271 g/mol. The fourth-order valence-electron chi connectivity index (χ4n) is 2.50. The van der Waals surface area contributed by atoms with Crippen LogP contribution in [-0.2, 0) is 12.8 Å². The molecule has 1 aliphatic heterocycles. The zero-order valence-electron chi connectivity index (χ0n) is 12.2. The number of halogens is 1. The van der Waals surface area contributed by atoms with Crippen LogP contribution in [0.4, 0.5) is 4.39 Å². The summed E-state index contributed by atoms with van der Waals surface area (Å²) in [5.74, 6) is -0.183. The van der Waals surface area contributed by atoms with Gasteiger partial charge in [-0.15, -0.1) is 0 Å². The van der Waals surface area contributed by atoms with Crippen molar-refractivity contribution in [2.75, 3.05) is 13.1 Å². The minimum Gasteiger partial charge on any atom is -0.316 e. The lowest BCUT2D eigenvalue weighted by Crippen LogP contribution is -2.16. The van der Waals surface area contributed by atoms with Crippen LogP contribution in [0.3, 0.4) is 0 Å². The van der Waals surface area contributed by atoms with E-state index >= 15 is 0 Å². The van der Waals surface area contributed by atoms with Crippen LogP contribution in [0.25, 0.3) is 11.1 Å². The first-order chi connectivity index (χ1) is 9.83. The van der Waals surface area contributed by atoms with E-state index in [-0.39, 0.29) is 5.82 Å². The first-order valence-corrected chi connectivity index (χ1v) is 7.41. The van der Waals surface area contributed by atoms with Gasteiger partial charge in [-0.05, 0) is 60.3 Å². The maximum absolute atomic E-state index is 12.9. The van der Waals surface area contributed by atoms with Gasteiger partial charge in [0.1, 0.15) is 5.82 Å². The van der Waals surface area contributed by atoms with Crippen LogP contribution in [0.2, 0.25) is 0 Å². The second-order valence-electron chi connectivity index (χ2n) is 4.74. The normalized spacial score (nSPS) is 13.8. The van der Waals surface area contributed by atoms with Crippen molar-refractivity contribution in [3.8, 4) is 11.1 Å². The van der Waals surface area contributed by atoms with Gasteiger partial charge >= 0.3 is 0 Å². The standard InChI is InChI=1S/C16H16FN.C2H6/c17-16-5-3-12(4-6-16)14-2-1-13-7-9-18-10-8-15(13)11-14;1-2/h1-6,11,18H,7-10H2;1-2H3. The van der Waals surface area contributed by atoms with Crippen LogP contribution in [-0.4, -0.2) is 13.1 Å². The van der Waals surface area contributed by atoms with Gasteiger partial charge in [-0.2, -0.15) is 0 Å². The quantitative estimate of drug-likeness (QED) is 0.819. The Morgan fingerprint density at radius 3 is 2.10 bits per heavy atom. The molecule has 0 aromatic heterocycles. The molecule has 1 heterocycles. The van der Waals surface area contributed by atoms with Gasteiger partial charge in [0.05, 0.1) is 0 Å². The van der Waals surface area contributed by atoms with Gasteiger partial charge in [0, 0.05) is 0 Å². The largest absolute Gasteiger partial charge is 0.316 e. The first-order valence-electron chi connectivity index (χ1n) is 7.41. The van der Waals surface area contributed by atoms with E-state index in [1.54, 1.807) is 0 Å². The monoisotopic (exact) mass is 271 g/mol. The third-order valence-corrected chi connectivity index (χ3v) is 3.53. The molecule has 0 unspecified atom stereocenters. The van der Waals surface area contributed by atoms with Gasteiger partial charge in [0.15, 0.2) is 0 Å². The van der Waals surface area contributed by atoms with Crippen LogP contribution in [0.15, 0.2) is 42.5 Å². The highest BCUT2D eigenvalue weighted by Crippen LogP contribution is 2.24. The van der Waals surface area contributed by atoms with Crippen molar-refractivity contribution < 1.29 is 4.39 Å². The molecule has 0 atom stereocenters. The van der Waals surface area contributed by atoms with E-state index < -0.39 is 0 Å². The molecule has 1 N–H and O–H groups in total. The lowest BCUT2D eigenvalue weighted by Gasteiger charge is -2.08. The van der Waals surface area contributed by atoms with Crippen molar-refractivity contribution >= 4 is 0 Å². The summed E-state index contributed by atoms with van der Waals surface area (Å²) < 4.78 is 12.9. The minimum atomic E-state index is -0.183. The minimum absolute atomic E-state index is 0.183. The Morgan fingerprint density at radius 2 is 1.40 bits per heavy atom. The Bertz CT molecular complexity index is 546. The van der Waals surface area contributed by atoms with Gasteiger partial charge in [0.25, 0.3) is 0 Å². The molecule has 20 heavy (non-hydrogen) atoms. The topological polar surface area (TPSA) is 12.0 Å². The summed E-state index contributed by atoms with van der Waals surface area (Å²) in [6.45, 7) is 6.10. The highest BCUT2D eigenvalue weighted by atomic mass is 19.1. The Labute approximate surface area is 120 Å². The van der Waals surface area contributed by atoms with Crippen LogP contribution < -0.4 is 5.32 Å². The molecule has 0 radical (unpaired) electrons. The summed E-state index contributed by atoms with van der Waals surface area (Å²) in [5.41, 5.74) is 5.11. The highest BCUT2D eigenvalue weighted by molar-refractivity contribution is 5.65. The zero-order valence-corrected chi connectivity index (χ0v) is 12.2. The maximum Gasteiger partial charge on any atom is 0.123 e. The van der Waals surface area contributed by atoms with Crippen LogP contribution in [0, 0.1) is 5.82 Å². The molecule has 106 valence electrons. The summed E-state index contributed by atoms with van der Waals surface area (Å²) in [7, 11) is 0. The Morgan fingerprint density at radius 1 is 0.800 bits per heavy atom. The predicted molar refractivity (Wildman–Crippen MR) is 83.5 cm³/mol. The smallest absolute Gasteiger partial charge is 0.123 e. The van der Waals surface area contributed by atoms with E-state index in [4.69, 9.17) is 0 Å². The van der Waals surface area contributed by atoms with Gasteiger partial charge in [-0.1, -0.05) is 44.2 Å². The molecule has 3 rings (SSSR count). The molecule has 2 heteroatoms. The Hall–Kier alpha value is -1.67. The number of rotatable bonds is 1. The number of fused-ring (bicyclic) bond motifs is 1. The van der Waals surface area contributed by atoms with Gasteiger partial charge < -0.3 is 5.32 Å². The molecule has 0 spiro atoms. The van der Waals surface area contributed by atoms with Crippen molar-refractivity contribution in [2.24, 2.45) is 0 Å². The zero-order chi connectivity index (χ0) is 14.4. The lowest BCUT2D eigenvalue weighted by molar-refractivity contribution is 0.628. The number of hydrogen-bond donors (Lipinski definition) is 1. The number of benzene rings is 2. The molecule has 1 nitrogen and oxygen atoms in total. The first kappa shape index (κ1) is 14.7. The number of nitrogens with one attached hydrogen (secondary N) is 1. The van der Waals surface area contributed by atoms with E-state index in [0.29, 0.717) is 0 Å². The summed E-state index contributed by atoms with van der Waals surface area (Å²) in [5, 5.41) is 3.41. The summed E-state index contributed by atoms with van der Waals surface area (Å²) in [6.07, 6.45) is 2.17. The van der Waals surface area contributed by atoms with Crippen molar-refractivity contribution in [1.29, 1.82) is 0 Å². The molecule has 2 aromatic rings. The lowest BCUT2D eigenvalue weighted by atomic mass is 9.96. The Kier molecular flexibility index (Phi) is 5.31. The second kappa shape index (κ2) is 7.20. The maximum atomic E-state index is 12.9. The third kappa shape index (κ3) is 3.45. The van der Waals surface area contributed by atoms with E-state index in [1.807, 2.05) is 26.0 Å². The highest BCUT2D eigenvalue weighted by Gasteiger charge is 2.08. The van der Waals surface area contributed by atoms with Crippen molar-refractivity contribution in [3.63, 3.8) is 0 Å². The molecular weight excluding hydrogens is 249 g/mol. The second-order valence-corrected chi connectivity index (χ2v) is 4.74. The number of hydrogen-bond acceptors (Lipinski definition) is 1. The van der Waals surface area contributed by atoms with Crippen LogP contribution in [0.1, 0.15) is 25.0 Å². The van der Waals surface area contributed by atoms with E-state index in [9.17, 15) is 4.39 Å². The van der Waals surface area contributed by atoms with E-state index in [2.05, 4.69) is 23.5 Å². The molecule has 0 saturated carbocycles. The fourth-order valence-corrected chi connectivity index (χ4v) is 2.50. The average Bonchev–Trinajstić information content (AvgIpc) is 2.74. The molecule has 0 amide bonds. The molecule has 1 aliphatic rings. The molecular formula is C18H22FN. The summed E-state index contributed by atoms with van der Waals surface area (Å²) >= 11 is 0. The van der Waals surface area contributed by atoms with Crippen LogP contribution in [0.5, 0.6) is 0 Å². The predicted octanol–water partition coefficient (Wildman–Crippen LogP) is 4.21. The SMILES string of the molecule is CC.Fc1ccc(-c2ccc3c(c2)CCNCC3)cc1. The fraction of sp³-hybridized carbons (Fsp3) is 0.333. The summed E-state index contributed by atoms with van der Waals surface area (Å²) in [4.78, 5) is 0. The molecule has 0 fully saturated rings.